The Hall–Kier alpha value is -1.53. The van der Waals surface area contributed by atoms with Crippen molar-refractivity contribution in [1.82, 2.24) is 10.6 Å². The van der Waals surface area contributed by atoms with Crippen molar-refractivity contribution in [3.05, 3.63) is 29.8 Å². The minimum Gasteiger partial charge on any atom is -0.353 e. The molecule has 0 saturated heterocycles. The average Bonchev–Trinajstić information content (AvgIpc) is 2.64. The van der Waals surface area contributed by atoms with Gasteiger partial charge in [0.25, 0.3) is 5.91 Å². The number of amides is 2. The lowest BCUT2D eigenvalue weighted by atomic mass is 9.84. The Bertz CT molecular complexity index is 600. The number of nitrogens with two attached hydrogens (primary N) is 1. The number of nitrogens with one attached hydrogen (secondary N) is 2. The summed E-state index contributed by atoms with van der Waals surface area (Å²) in [6.45, 7) is 4.33. The standard InChI is InChI=1S/C20H31N3O2S/c1-14(2)22-19(24)13-26-18-11-7-6-10-16(18)20(25)23-17(12-21)15-8-4-3-5-9-15/h6-7,10-11,14-15,17H,3-5,8-9,12-13,21H2,1-2H3,(H,22,24)(H,23,25). The van der Waals surface area contributed by atoms with Gasteiger partial charge in [-0.15, -0.1) is 11.8 Å². The molecule has 1 saturated carbocycles. The zero-order chi connectivity index (χ0) is 18.9. The van der Waals surface area contributed by atoms with Crippen LogP contribution in [0.2, 0.25) is 0 Å². The lowest BCUT2D eigenvalue weighted by molar-refractivity contribution is -0.119. The molecule has 0 aliphatic heterocycles. The van der Waals surface area contributed by atoms with Crippen LogP contribution in [-0.2, 0) is 4.79 Å². The summed E-state index contributed by atoms with van der Waals surface area (Å²) in [7, 11) is 0. The van der Waals surface area contributed by atoms with Gasteiger partial charge in [0.2, 0.25) is 5.91 Å². The van der Waals surface area contributed by atoms with E-state index in [0.717, 1.165) is 17.7 Å². The molecule has 0 spiro atoms. The summed E-state index contributed by atoms with van der Waals surface area (Å²) in [4.78, 5) is 25.5. The number of carbonyl (C=O) groups excluding carboxylic acids is 2. The molecule has 1 aliphatic carbocycles. The summed E-state index contributed by atoms with van der Waals surface area (Å²) >= 11 is 1.39. The fourth-order valence-corrected chi connectivity index (χ4v) is 4.30. The first kappa shape index (κ1) is 20.8. The van der Waals surface area contributed by atoms with Gasteiger partial charge in [-0.05, 0) is 44.7 Å². The Balaban J connectivity index is 2.00. The molecule has 0 heterocycles. The lowest BCUT2D eigenvalue weighted by Crippen LogP contribution is -2.46. The molecule has 144 valence electrons. The third-order valence-corrected chi connectivity index (χ3v) is 5.80. The predicted octanol–water partition coefficient (Wildman–Crippen LogP) is 2.94. The maximum absolute atomic E-state index is 12.8. The van der Waals surface area contributed by atoms with Gasteiger partial charge >= 0.3 is 0 Å². The molecule has 0 bridgehead atoms. The molecule has 0 aromatic heterocycles. The first-order valence-corrected chi connectivity index (χ1v) is 10.5. The van der Waals surface area contributed by atoms with Crippen molar-refractivity contribution in [1.29, 1.82) is 0 Å². The van der Waals surface area contributed by atoms with E-state index in [2.05, 4.69) is 10.6 Å². The van der Waals surface area contributed by atoms with Crippen LogP contribution >= 0.6 is 11.8 Å². The highest BCUT2D eigenvalue weighted by Gasteiger charge is 2.25. The number of benzene rings is 1. The van der Waals surface area contributed by atoms with Gasteiger partial charge in [0.15, 0.2) is 0 Å². The maximum atomic E-state index is 12.8. The molecule has 1 aliphatic rings. The number of carbonyl (C=O) groups is 2. The minimum absolute atomic E-state index is 0.0186. The van der Waals surface area contributed by atoms with Gasteiger partial charge in [-0.25, -0.2) is 0 Å². The maximum Gasteiger partial charge on any atom is 0.252 e. The average molecular weight is 378 g/mol. The van der Waals surface area contributed by atoms with Crippen LogP contribution in [0.15, 0.2) is 29.2 Å². The van der Waals surface area contributed by atoms with E-state index in [0.29, 0.717) is 23.8 Å². The van der Waals surface area contributed by atoms with Gasteiger partial charge in [-0.2, -0.15) is 0 Å². The number of hydrogen-bond donors (Lipinski definition) is 3. The normalized spacial score (nSPS) is 16.3. The van der Waals surface area contributed by atoms with Crippen molar-refractivity contribution in [2.24, 2.45) is 11.7 Å². The summed E-state index contributed by atoms with van der Waals surface area (Å²) in [5.74, 6) is 0.640. The lowest BCUT2D eigenvalue weighted by Gasteiger charge is -2.30. The van der Waals surface area contributed by atoms with Crippen LogP contribution < -0.4 is 16.4 Å². The number of thioether (sulfide) groups is 1. The van der Waals surface area contributed by atoms with Crippen molar-refractivity contribution in [3.63, 3.8) is 0 Å². The molecule has 5 nitrogen and oxygen atoms in total. The fraction of sp³-hybridized carbons (Fsp3) is 0.600. The van der Waals surface area contributed by atoms with Gasteiger partial charge in [0.05, 0.1) is 11.3 Å². The first-order valence-electron chi connectivity index (χ1n) is 9.53. The van der Waals surface area contributed by atoms with Crippen LogP contribution in [0.3, 0.4) is 0 Å². The van der Waals surface area contributed by atoms with Gasteiger partial charge in [0, 0.05) is 23.5 Å². The zero-order valence-electron chi connectivity index (χ0n) is 15.8. The fourth-order valence-electron chi connectivity index (χ4n) is 3.44. The Kier molecular flexibility index (Phi) is 8.45. The number of rotatable bonds is 8. The van der Waals surface area contributed by atoms with E-state index in [1.165, 1.54) is 31.0 Å². The molecule has 1 fully saturated rings. The molecule has 6 heteroatoms. The van der Waals surface area contributed by atoms with Gasteiger partial charge in [0.1, 0.15) is 0 Å². The van der Waals surface area contributed by atoms with Crippen LogP contribution in [0.25, 0.3) is 0 Å². The van der Waals surface area contributed by atoms with E-state index in [4.69, 9.17) is 5.73 Å². The van der Waals surface area contributed by atoms with E-state index in [1.807, 2.05) is 38.1 Å². The first-order chi connectivity index (χ1) is 12.5. The van der Waals surface area contributed by atoms with E-state index in [-0.39, 0.29) is 23.9 Å². The molecular formula is C20H31N3O2S. The zero-order valence-corrected chi connectivity index (χ0v) is 16.6. The van der Waals surface area contributed by atoms with Crippen molar-refractivity contribution in [2.45, 2.75) is 62.9 Å². The van der Waals surface area contributed by atoms with Crippen LogP contribution in [-0.4, -0.2) is 36.2 Å². The van der Waals surface area contributed by atoms with Crippen molar-refractivity contribution < 1.29 is 9.59 Å². The summed E-state index contributed by atoms with van der Waals surface area (Å²) < 4.78 is 0. The van der Waals surface area contributed by atoms with Gasteiger partial charge < -0.3 is 16.4 Å². The molecule has 1 atom stereocenters. The summed E-state index contributed by atoms with van der Waals surface area (Å²) in [6, 6.07) is 7.58. The van der Waals surface area contributed by atoms with E-state index in [1.54, 1.807) is 0 Å². The molecule has 1 aromatic carbocycles. The smallest absolute Gasteiger partial charge is 0.252 e. The largest absolute Gasteiger partial charge is 0.353 e. The quantitative estimate of drug-likeness (QED) is 0.608. The van der Waals surface area contributed by atoms with Crippen LogP contribution in [0.1, 0.15) is 56.3 Å². The van der Waals surface area contributed by atoms with E-state index >= 15 is 0 Å². The van der Waals surface area contributed by atoms with Crippen molar-refractivity contribution in [3.8, 4) is 0 Å². The second-order valence-electron chi connectivity index (χ2n) is 7.22. The molecule has 2 rings (SSSR count). The van der Waals surface area contributed by atoms with E-state index < -0.39 is 0 Å². The van der Waals surface area contributed by atoms with E-state index in [9.17, 15) is 9.59 Å². The summed E-state index contributed by atoms with van der Waals surface area (Å²) in [5, 5.41) is 6.00. The molecule has 1 unspecified atom stereocenters. The predicted molar refractivity (Wildman–Crippen MR) is 107 cm³/mol. The molecule has 0 radical (unpaired) electrons. The van der Waals surface area contributed by atoms with Gasteiger partial charge in [-0.3, -0.25) is 9.59 Å². The van der Waals surface area contributed by atoms with Crippen molar-refractivity contribution >= 4 is 23.6 Å². The van der Waals surface area contributed by atoms with Crippen LogP contribution in [0.5, 0.6) is 0 Å². The van der Waals surface area contributed by atoms with Crippen LogP contribution in [0, 0.1) is 5.92 Å². The molecule has 4 N–H and O–H groups in total. The summed E-state index contributed by atoms with van der Waals surface area (Å²) in [6.07, 6.45) is 5.98. The van der Waals surface area contributed by atoms with Gasteiger partial charge in [-0.1, -0.05) is 31.4 Å². The Morgan fingerprint density at radius 3 is 2.50 bits per heavy atom. The number of hydrogen-bond acceptors (Lipinski definition) is 4. The third kappa shape index (κ3) is 6.32. The van der Waals surface area contributed by atoms with Crippen LogP contribution in [0.4, 0.5) is 0 Å². The topological polar surface area (TPSA) is 84.2 Å². The second kappa shape index (κ2) is 10.6. The molecule has 26 heavy (non-hydrogen) atoms. The molecular weight excluding hydrogens is 346 g/mol. The SMILES string of the molecule is CC(C)NC(=O)CSc1ccccc1C(=O)NC(CN)C1CCCCC1. The highest BCUT2D eigenvalue weighted by molar-refractivity contribution is 8.00. The Morgan fingerprint density at radius 2 is 1.85 bits per heavy atom. The minimum atomic E-state index is -0.0987. The molecule has 1 aromatic rings. The second-order valence-corrected chi connectivity index (χ2v) is 8.24. The Morgan fingerprint density at radius 1 is 1.15 bits per heavy atom. The van der Waals surface area contributed by atoms with Crippen molar-refractivity contribution in [2.75, 3.05) is 12.3 Å². The monoisotopic (exact) mass is 377 g/mol. The summed E-state index contributed by atoms with van der Waals surface area (Å²) in [5.41, 5.74) is 6.55. The third-order valence-electron chi connectivity index (χ3n) is 4.73. The Labute approximate surface area is 160 Å². The highest BCUT2D eigenvalue weighted by atomic mass is 32.2. The molecule has 2 amide bonds. The highest BCUT2D eigenvalue weighted by Crippen LogP contribution is 2.27.